The lowest BCUT2D eigenvalue weighted by Gasteiger charge is -2.27. The van der Waals surface area contributed by atoms with Crippen molar-refractivity contribution in [2.75, 3.05) is 38.3 Å². The number of hydrogen-bond donors (Lipinski definition) is 0. The molecule has 1 aliphatic heterocycles. The van der Waals surface area contributed by atoms with Gasteiger partial charge in [0.15, 0.2) is 11.6 Å². The predicted octanol–water partition coefficient (Wildman–Crippen LogP) is 2.42. The summed E-state index contributed by atoms with van der Waals surface area (Å²) in [4.78, 5) is 18.5. The number of halogens is 1. The molecule has 1 aromatic carbocycles. The monoisotopic (exact) mass is 346 g/mol. The van der Waals surface area contributed by atoms with Gasteiger partial charge in [-0.3, -0.25) is 0 Å². The number of esters is 1. The largest absolute Gasteiger partial charge is 0.494 e. The van der Waals surface area contributed by atoms with E-state index in [0.717, 1.165) is 18.9 Å². The van der Waals surface area contributed by atoms with Gasteiger partial charge in [-0.05, 0) is 29.8 Å². The molecule has 6 nitrogen and oxygen atoms in total. The van der Waals surface area contributed by atoms with E-state index in [9.17, 15) is 9.18 Å². The van der Waals surface area contributed by atoms with Crippen LogP contribution in [0, 0.1) is 5.82 Å². The molecule has 7 heteroatoms. The zero-order valence-corrected chi connectivity index (χ0v) is 13.9. The zero-order valence-electron chi connectivity index (χ0n) is 13.9. The van der Waals surface area contributed by atoms with E-state index in [1.807, 2.05) is 0 Å². The van der Waals surface area contributed by atoms with Crippen molar-refractivity contribution >= 4 is 11.8 Å². The zero-order chi connectivity index (χ0) is 17.6. The molecular formula is C18H19FN2O4. The third-order valence-electron chi connectivity index (χ3n) is 3.90. The molecule has 1 aromatic heterocycles. The summed E-state index contributed by atoms with van der Waals surface area (Å²) in [6, 6.07) is 7.89. The molecule has 132 valence electrons. The van der Waals surface area contributed by atoms with Gasteiger partial charge in [-0.15, -0.1) is 0 Å². The smallest absolute Gasteiger partial charge is 0.340 e. The molecule has 0 radical (unpaired) electrons. The maximum Gasteiger partial charge on any atom is 0.340 e. The van der Waals surface area contributed by atoms with E-state index >= 15 is 0 Å². The van der Waals surface area contributed by atoms with Crippen LogP contribution >= 0.6 is 0 Å². The molecule has 1 fully saturated rings. The van der Waals surface area contributed by atoms with Gasteiger partial charge in [0.05, 0.1) is 25.9 Å². The van der Waals surface area contributed by atoms with Gasteiger partial charge in [-0.2, -0.15) is 0 Å². The first-order valence-electron chi connectivity index (χ1n) is 7.95. The Hall–Kier alpha value is -2.67. The molecule has 0 unspecified atom stereocenters. The summed E-state index contributed by atoms with van der Waals surface area (Å²) in [6.45, 7) is 2.87. The Labute approximate surface area is 145 Å². The molecule has 3 rings (SSSR count). The van der Waals surface area contributed by atoms with Crippen molar-refractivity contribution in [3.8, 4) is 5.75 Å². The lowest BCUT2D eigenvalue weighted by Crippen LogP contribution is -2.36. The highest BCUT2D eigenvalue weighted by molar-refractivity contribution is 5.89. The number of morpholine rings is 1. The number of ether oxygens (including phenoxy) is 3. The van der Waals surface area contributed by atoms with E-state index in [-0.39, 0.29) is 12.4 Å². The van der Waals surface area contributed by atoms with Gasteiger partial charge in [0.25, 0.3) is 0 Å². The second-order valence-electron chi connectivity index (χ2n) is 5.55. The van der Waals surface area contributed by atoms with Gasteiger partial charge in [-0.1, -0.05) is 6.07 Å². The molecule has 1 aliphatic rings. The summed E-state index contributed by atoms with van der Waals surface area (Å²) in [5.74, 6) is -0.0418. The van der Waals surface area contributed by atoms with Crippen molar-refractivity contribution in [1.29, 1.82) is 0 Å². The number of aromatic nitrogens is 1. The van der Waals surface area contributed by atoms with Gasteiger partial charge < -0.3 is 19.1 Å². The summed E-state index contributed by atoms with van der Waals surface area (Å²) in [5, 5.41) is 0. The van der Waals surface area contributed by atoms with E-state index in [0.29, 0.717) is 24.3 Å². The SMILES string of the molecule is COc1ccc(COC(=O)c2ccc(N3CCOCC3)nc2)cc1F. The Morgan fingerprint density at radius 2 is 2.08 bits per heavy atom. The van der Waals surface area contributed by atoms with Crippen molar-refractivity contribution in [3.05, 3.63) is 53.5 Å². The maximum absolute atomic E-state index is 13.6. The van der Waals surface area contributed by atoms with Crippen LogP contribution in [0.25, 0.3) is 0 Å². The fraction of sp³-hybridized carbons (Fsp3) is 0.333. The molecule has 0 bridgehead atoms. The summed E-state index contributed by atoms with van der Waals surface area (Å²) in [6.07, 6.45) is 1.49. The molecule has 0 amide bonds. The van der Waals surface area contributed by atoms with Gasteiger partial charge in [-0.25, -0.2) is 14.2 Å². The highest BCUT2D eigenvalue weighted by Gasteiger charge is 2.14. The summed E-state index contributed by atoms with van der Waals surface area (Å²) < 4.78 is 29.0. The first kappa shape index (κ1) is 17.2. The minimum Gasteiger partial charge on any atom is -0.494 e. The number of benzene rings is 1. The van der Waals surface area contributed by atoms with Crippen LogP contribution in [0.1, 0.15) is 15.9 Å². The second-order valence-corrected chi connectivity index (χ2v) is 5.55. The number of carbonyl (C=O) groups excluding carboxylic acids is 1. The van der Waals surface area contributed by atoms with E-state index < -0.39 is 11.8 Å². The molecule has 25 heavy (non-hydrogen) atoms. The molecule has 0 N–H and O–H groups in total. The highest BCUT2D eigenvalue weighted by atomic mass is 19.1. The van der Waals surface area contributed by atoms with Crippen LogP contribution < -0.4 is 9.64 Å². The van der Waals surface area contributed by atoms with Gasteiger partial charge in [0.1, 0.15) is 12.4 Å². The standard InChI is InChI=1S/C18H19FN2O4/c1-23-16-4-2-13(10-15(16)19)12-25-18(22)14-3-5-17(20-11-14)21-6-8-24-9-7-21/h2-5,10-11H,6-9,12H2,1H3. The fourth-order valence-corrected chi connectivity index (χ4v) is 2.52. The number of pyridine rings is 1. The van der Waals surface area contributed by atoms with Crippen LogP contribution in [-0.2, 0) is 16.1 Å². The molecule has 2 heterocycles. The number of carbonyl (C=O) groups is 1. The lowest BCUT2D eigenvalue weighted by molar-refractivity contribution is 0.0471. The normalized spacial score (nSPS) is 14.2. The minimum absolute atomic E-state index is 0.0229. The molecule has 0 aliphatic carbocycles. The van der Waals surface area contributed by atoms with Crippen LogP contribution in [0.3, 0.4) is 0 Å². The van der Waals surface area contributed by atoms with E-state index in [1.54, 1.807) is 18.2 Å². The van der Waals surface area contributed by atoms with Gasteiger partial charge >= 0.3 is 5.97 Å². The van der Waals surface area contributed by atoms with Crippen LogP contribution in [0.15, 0.2) is 36.5 Å². The summed E-state index contributed by atoms with van der Waals surface area (Å²) in [5.41, 5.74) is 0.899. The lowest BCUT2D eigenvalue weighted by atomic mass is 10.2. The molecule has 2 aromatic rings. The van der Waals surface area contributed by atoms with Crippen molar-refractivity contribution < 1.29 is 23.4 Å². The van der Waals surface area contributed by atoms with Crippen molar-refractivity contribution in [1.82, 2.24) is 4.98 Å². The Morgan fingerprint density at radius 1 is 1.28 bits per heavy atom. The number of anilines is 1. The Morgan fingerprint density at radius 3 is 2.72 bits per heavy atom. The van der Waals surface area contributed by atoms with Crippen LogP contribution in [0.5, 0.6) is 5.75 Å². The average molecular weight is 346 g/mol. The quantitative estimate of drug-likeness (QED) is 0.775. The summed E-state index contributed by atoms with van der Waals surface area (Å²) in [7, 11) is 1.39. The Kier molecular flexibility index (Phi) is 5.45. The average Bonchev–Trinajstić information content (AvgIpc) is 2.67. The predicted molar refractivity (Wildman–Crippen MR) is 89.3 cm³/mol. The first-order valence-corrected chi connectivity index (χ1v) is 7.95. The maximum atomic E-state index is 13.6. The molecule has 0 saturated carbocycles. The fourth-order valence-electron chi connectivity index (χ4n) is 2.52. The summed E-state index contributed by atoms with van der Waals surface area (Å²) >= 11 is 0. The van der Waals surface area contributed by atoms with E-state index in [1.165, 1.54) is 25.4 Å². The Bertz CT molecular complexity index is 730. The van der Waals surface area contributed by atoms with E-state index in [4.69, 9.17) is 14.2 Å². The van der Waals surface area contributed by atoms with E-state index in [2.05, 4.69) is 9.88 Å². The molecular weight excluding hydrogens is 327 g/mol. The number of hydrogen-bond acceptors (Lipinski definition) is 6. The van der Waals surface area contributed by atoms with Crippen molar-refractivity contribution in [3.63, 3.8) is 0 Å². The van der Waals surface area contributed by atoms with Crippen LogP contribution in [0.2, 0.25) is 0 Å². The molecule has 0 spiro atoms. The first-order chi connectivity index (χ1) is 12.2. The number of rotatable bonds is 5. The number of methoxy groups -OCH3 is 1. The number of nitrogens with zero attached hydrogens (tertiary/aromatic N) is 2. The van der Waals surface area contributed by atoms with Gasteiger partial charge in [0, 0.05) is 19.3 Å². The third-order valence-corrected chi connectivity index (χ3v) is 3.90. The van der Waals surface area contributed by atoms with Crippen molar-refractivity contribution in [2.24, 2.45) is 0 Å². The van der Waals surface area contributed by atoms with Gasteiger partial charge in [0.2, 0.25) is 0 Å². The highest BCUT2D eigenvalue weighted by Crippen LogP contribution is 2.19. The van der Waals surface area contributed by atoms with Crippen LogP contribution in [-0.4, -0.2) is 44.4 Å². The van der Waals surface area contributed by atoms with Crippen molar-refractivity contribution in [2.45, 2.75) is 6.61 Å². The third kappa shape index (κ3) is 4.24. The van der Waals surface area contributed by atoms with Crippen LogP contribution in [0.4, 0.5) is 10.2 Å². The minimum atomic E-state index is -0.503. The second kappa shape index (κ2) is 7.94. The Balaban J connectivity index is 1.58. The molecule has 1 saturated heterocycles. The topological polar surface area (TPSA) is 60.9 Å². The molecule has 0 atom stereocenters.